The van der Waals surface area contributed by atoms with Gasteiger partial charge in [0.15, 0.2) is 16.8 Å². The molecule has 9 nitrogen and oxygen atoms in total. The lowest BCUT2D eigenvalue weighted by Crippen LogP contribution is -2.50. The number of hydrogen-bond acceptors (Lipinski definition) is 6. The molecule has 0 aliphatic carbocycles. The summed E-state index contributed by atoms with van der Waals surface area (Å²) < 4.78 is 5.14. The van der Waals surface area contributed by atoms with Gasteiger partial charge >= 0.3 is 0 Å². The number of nitrogens with zero attached hydrogens (tertiary/aromatic N) is 1. The predicted octanol–water partition coefficient (Wildman–Crippen LogP) is -0.287. The third kappa shape index (κ3) is 6.44. The second-order valence-electron chi connectivity index (χ2n) is 3.53. The van der Waals surface area contributed by atoms with Crippen molar-refractivity contribution in [1.29, 1.82) is 0 Å². The van der Waals surface area contributed by atoms with Crippen molar-refractivity contribution in [3.63, 3.8) is 0 Å². The molecule has 0 radical (unpaired) electrons. The third-order valence-electron chi connectivity index (χ3n) is 1.97. The largest absolute Gasteiger partial charge is 0.484 e. The molecule has 0 spiro atoms. The van der Waals surface area contributed by atoms with Crippen LogP contribution in [0.25, 0.3) is 0 Å². The summed E-state index contributed by atoms with van der Waals surface area (Å²) >= 11 is 9.30. The van der Waals surface area contributed by atoms with Gasteiger partial charge in [0.2, 0.25) is 0 Å². The first-order valence-electron chi connectivity index (χ1n) is 5.41. The first-order valence-corrected chi connectivity index (χ1v) is 6.22. The number of non-ortho nitro benzene ring substituents is 1. The summed E-state index contributed by atoms with van der Waals surface area (Å²) in [4.78, 5) is 21.4. The molecule has 112 valence electrons. The monoisotopic (exact) mass is 329 g/mol. The van der Waals surface area contributed by atoms with Gasteiger partial charge in [-0.05, 0) is 36.6 Å². The van der Waals surface area contributed by atoms with Gasteiger partial charge in [-0.25, -0.2) is 0 Å². The molecule has 0 saturated carbocycles. The van der Waals surface area contributed by atoms with E-state index in [1.807, 2.05) is 0 Å². The highest BCUT2D eigenvalue weighted by molar-refractivity contribution is 7.80. The molecule has 0 heterocycles. The number of ether oxygens (including phenoxy) is 1. The zero-order chi connectivity index (χ0) is 15.8. The summed E-state index contributed by atoms with van der Waals surface area (Å²) in [5.41, 5.74) is 9.81. The Morgan fingerprint density at radius 2 is 1.90 bits per heavy atom. The fraction of sp³-hybridized carbons (Fsp3) is 0.100. The van der Waals surface area contributed by atoms with E-state index in [2.05, 4.69) is 28.4 Å². The average Bonchev–Trinajstić information content (AvgIpc) is 2.43. The van der Waals surface area contributed by atoms with Crippen LogP contribution in [0.1, 0.15) is 0 Å². The van der Waals surface area contributed by atoms with Crippen LogP contribution in [0.4, 0.5) is 5.69 Å². The number of nitro benzene ring substituents is 1. The molecule has 1 aromatic carbocycles. The Hall–Kier alpha value is -2.53. The van der Waals surface area contributed by atoms with E-state index >= 15 is 0 Å². The Bertz CT molecular complexity index is 563. The van der Waals surface area contributed by atoms with Gasteiger partial charge in [0, 0.05) is 12.1 Å². The van der Waals surface area contributed by atoms with Gasteiger partial charge in [0.25, 0.3) is 11.6 Å². The summed E-state index contributed by atoms with van der Waals surface area (Å²) in [5.74, 6) is -0.202. The van der Waals surface area contributed by atoms with Crippen LogP contribution in [0.2, 0.25) is 0 Å². The molecule has 5 N–H and O–H groups in total. The average molecular weight is 329 g/mol. The lowest BCUT2D eigenvalue weighted by Gasteiger charge is -2.10. The Morgan fingerprint density at radius 1 is 1.29 bits per heavy atom. The molecule has 0 fully saturated rings. The topological polar surface area (TPSA) is 132 Å². The first kappa shape index (κ1) is 16.5. The molecule has 1 aromatic rings. The van der Waals surface area contributed by atoms with Crippen molar-refractivity contribution in [1.82, 2.24) is 16.2 Å². The van der Waals surface area contributed by atoms with Crippen molar-refractivity contribution in [2.24, 2.45) is 5.73 Å². The predicted molar refractivity (Wildman–Crippen MR) is 82.4 cm³/mol. The number of nitro groups is 1. The second kappa shape index (κ2) is 7.91. The number of carbonyl (C=O) groups excluding carboxylic acids is 1. The smallest absolute Gasteiger partial charge is 0.269 e. The van der Waals surface area contributed by atoms with Gasteiger partial charge in [0.05, 0.1) is 4.92 Å². The van der Waals surface area contributed by atoms with E-state index in [0.29, 0.717) is 5.75 Å². The molecular formula is C10H11N5O4S2. The first-order chi connectivity index (χ1) is 9.88. The van der Waals surface area contributed by atoms with E-state index in [4.69, 9.17) is 22.7 Å². The van der Waals surface area contributed by atoms with E-state index in [0.717, 1.165) is 0 Å². The van der Waals surface area contributed by atoms with Gasteiger partial charge in [-0.2, -0.15) is 0 Å². The summed E-state index contributed by atoms with van der Waals surface area (Å²) in [7, 11) is 0. The van der Waals surface area contributed by atoms with Crippen molar-refractivity contribution >= 4 is 46.3 Å². The fourth-order valence-electron chi connectivity index (χ4n) is 1.13. The molecule has 0 saturated heterocycles. The standard InChI is InChI=1S/C10H11N5O4S2/c11-9(20)13-14-10(21)12-8(16)5-19-7-3-1-6(2-4-7)15(17)18/h1-4H,5H2,(H3,11,13,20)(H2,12,14,16,21). The third-order valence-corrected chi connectivity index (χ3v) is 2.28. The highest BCUT2D eigenvalue weighted by Gasteiger charge is 2.07. The van der Waals surface area contributed by atoms with Gasteiger partial charge in [-0.1, -0.05) is 0 Å². The van der Waals surface area contributed by atoms with E-state index in [9.17, 15) is 14.9 Å². The van der Waals surface area contributed by atoms with Crippen molar-refractivity contribution in [2.45, 2.75) is 0 Å². The van der Waals surface area contributed by atoms with Gasteiger partial charge in [0.1, 0.15) is 5.75 Å². The van der Waals surface area contributed by atoms with Crippen LogP contribution in [0, 0.1) is 10.1 Å². The Labute approximate surface area is 129 Å². The minimum atomic E-state index is -0.532. The van der Waals surface area contributed by atoms with E-state index in [1.54, 1.807) is 0 Å². The number of hydrazine groups is 1. The molecule has 0 bridgehead atoms. The molecule has 0 aliphatic heterocycles. The van der Waals surface area contributed by atoms with Gasteiger partial charge < -0.3 is 10.5 Å². The summed E-state index contributed by atoms with van der Waals surface area (Å²) in [6.07, 6.45) is 0. The summed E-state index contributed by atoms with van der Waals surface area (Å²) in [6.45, 7) is -0.313. The van der Waals surface area contributed by atoms with Crippen molar-refractivity contribution in [2.75, 3.05) is 6.61 Å². The highest BCUT2D eigenvalue weighted by Crippen LogP contribution is 2.16. The fourth-order valence-corrected chi connectivity index (χ4v) is 1.34. The Kier molecular flexibility index (Phi) is 6.23. The number of nitrogens with one attached hydrogen (secondary N) is 3. The molecule has 21 heavy (non-hydrogen) atoms. The van der Waals surface area contributed by atoms with Crippen LogP contribution in [0.15, 0.2) is 24.3 Å². The van der Waals surface area contributed by atoms with Crippen LogP contribution in [-0.4, -0.2) is 27.7 Å². The second-order valence-corrected chi connectivity index (χ2v) is 4.38. The number of thiocarbonyl (C=S) groups is 2. The molecule has 11 heteroatoms. The van der Waals surface area contributed by atoms with Gasteiger partial charge in [-0.15, -0.1) is 0 Å². The van der Waals surface area contributed by atoms with Crippen molar-refractivity contribution < 1.29 is 14.5 Å². The quantitative estimate of drug-likeness (QED) is 0.334. The molecule has 0 unspecified atom stereocenters. The van der Waals surface area contributed by atoms with Crippen LogP contribution in [0.5, 0.6) is 5.75 Å². The molecule has 1 rings (SSSR count). The van der Waals surface area contributed by atoms with Crippen molar-refractivity contribution in [3.8, 4) is 5.75 Å². The van der Waals surface area contributed by atoms with Crippen molar-refractivity contribution in [3.05, 3.63) is 34.4 Å². The maximum atomic E-state index is 11.5. The molecule has 0 atom stereocenters. The van der Waals surface area contributed by atoms with Gasteiger partial charge in [-0.3, -0.25) is 31.1 Å². The Morgan fingerprint density at radius 3 is 2.43 bits per heavy atom. The SMILES string of the molecule is NC(=S)NNC(=S)NC(=O)COc1ccc([N+](=O)[O-])cc1. The number of amides is 1. The summed E-state index contributed by atoms with van der Waals surface area (Å²) in [5, 5.41) is 12.7. The van der Waals surface area contributed by atoms with E-state index < -0.39 is 10.8 Å². The van der Waals surface area contributed by atoms with Crippen LogP contribution in [-0.2, 0) is 4.79 Å². The van der Waals surface area contributed by atoms with E-state index in [-0.39, 0.29) is 22.5 Å². The zero-order valence-corrected chi connectivity index (χ0v) is 12.1. The van der Waals surface area contributed by atoms with Crippen LogP contribution < -0.4 is 26.6 Å². The summed E-state index contributed by atoms with van der Waals surface area (Å²) in [6, 6.07) is 5.31. The van der Waals surface area contributed by atoms with Crippen LogP contribution >= 0.6 is 24.4 Å². The number of nitrogens with two attached hydrogens (primary N) is 1. The molecule has 0 aromatic heterocycles. The maximum Gasteiger partial charge on any atom is 0.269 e. The normalized spacial score (nSPS) is 9.33. The minimum absolute atomic E-state index is 0.0277. The number of benzene rings is 1. The number of rotatable bonds is 4. The molecule has 0 aliphatic rings. The molecule has 1 amide bonds. The van der Waals surface area contributed by atoms with Crippen LogP contribution in [0.3, 0.4) is 0 Å². The lowest BCUT2D eigenvalue weighted by molar-refractivity contribution is -0.384. The zero-order valence-electron chi connectivity index (χ0n) is 10.5. The van der Waals surface area contributed by atoms with E-state index in [1.165, 1.54) is 24.3 Å². The minimum Gasteiger partial charge on any atom is -0.484 e. The Balaban J connectivity index is 2.37. The number of hydrogen-bond donors (Lipinski definition) is 4. The lowest BCUT2D eigenvalue weighted by atomic mass is 10.3. The highest BCUT2D eigenvalue weighted by atomic mass is 32.1. The molecular weight excluding hydrogens is 318 g/mol. The maximum absolute atomic E-state index is 11.5. The number of carbonyl (C=O) groups is 1.